The maximum Gasteiger partial charge on any atom is 0.422 e. The molecule has 5 nitrogen and oxygen atoms in total. The fraction of sp³-hybridized carbons (Fsp3) is 0.571. The van der Waals surface area contributed by atoms with E-state index in [1.807, 2.05) is 13.8 Å². The lowest BCUT2D eigenvalue weighted by atomic mass is 10.2. The first-order chi connectivity index (χ1) is 10.2. The van der Waals surface area contributed by atoms with Crippen molar-refractivity contribution in [1.82, 2.24) is 9.88 Å². The average molecular weight is 318 g/mol. The van der Waals surface area contributed by atoms with Gasteiger partial charge in [0.2, 0.25) is 5.88 Å². The molecule has 2 atom stereocenters. The van der Waals surface area contributed by atoms with Gasteiger partial charge in [0.1, 0.15) is 0 Å². The summed E-state index contributed by atoms with van der Waals surface area (Å²) in [7, 11) is 0. The van der Waals surface area contributed by atoms with Gasteiger partial charge in [-0.2, -0.15) is 13.2 Å². The van der Waals surface area contributed by atoms with Crippen LogP contribution in [0.3, 0.4) is 0 Å². The van der Waals surface area contributed by atoms with Crippen LogP contribution in [-0.2, 0) is 4.74 Å². The highest BCUT2D eigenvalue weighted by Crippen LogP contribution is 2.18. The van der Waals surface area contributed by atoms with Crippen molar-refractivity contribution in [3.63, 3.8) is 0 Å². The van der Waals surface area contributed by atoms with Crippen LogP contribution in [0.4, 0.5) is 13.2 Å². The lowest BCUT2D eigenvalue weighted by Gasteiger charge is -2.35. The molecule has 0 unspecified atom stereocenters. The highest BCUT2D eigenvalue weighted by molar-refractivity contribution is 5.94. The largest absolute Gasteiger partial charge is 0.468 e. The summed E-state index contributed by atoms with van der Waals surface area (Å²) in [6.45, 7) is 3.28. The number of hydrogen-bond donors (Lipinski definition) is 0. The first-order valence-corrected chi connectivity index (χ1v) is 6.85. The molecule has 2 heterocycles. The van der Waals surface area contributed by atoms with E-state index in [0.29, 0.717) is 18.7 Å². The highest BCUT2D eigenvalue weighted by atomic mass is 19.4. The summed E-state index contributed by atoms with van der Waals surface area (Å²) in [5.74, 6) is -0.394. The van der Waals surface area contributed by atoms with Gasteiger partial charge in [0.05, 0.1) is 17.8 Å². The standard InChI is InChI=1S/C14H17F3N2O3/c1-9-6-19(7-10(2)22-9)13(20)11-3-4-12(18-5-11)21-8-14(15,16)17/h3-5,9-10H,6-8H2,1-2H3/t9-,10+. The maximum absolute atomic E-state index is 12.3. The van der Waals surface area contributed by atoms with Crippen molar-refractivity contribution in [2.75, 3.05) is 19.7 Å². The molecule has 0 aromatic carbocycles. The second-order valence-electron chi connectivity index (χ2n) is 5.26. The van der Waals surface area contributed by atoms with Gasteiger partial charge in [0.25, 0.3) is 5.91 Å². The molecule has 1 aliphatic rings. The number of aromatic nitrogens is 1. The number of nitrogens with zero attached hydrogens (tertiary/aromatic N) is 2. The van der Waals surface area contributed by atoms with E-state index in [-0.39, 0.29) is 24.0 Å². The fourth-order valence-electron chi connectivity index (χ4n) is 2.27. The van der Waals surface area contributed by atoms with Crippen molar-refractivity contribution in [3.8, 4) is 5.88 Å². The Balaban J connectivity index is 1.99. The van der Waals surface area contributed by atoms with E-state index in [4.69, 9.17) is 4.74 Å². The third-order valence-electron chi connectivity index (χ3n) is 3.07. The molecule has 0 saturated carbocycles. The number of morpholine rings is 1. The maximum atomic E-state index is 12.3. The van der Waals surface area contributed by atoms with Gasteiger partial charge >= 0.3 is 6.18 Å². The molecular weight excluding hydrogens is 301 g/mol. The van der Waals surface area contributed by atoms with Crippen LogP contribution in [-0.4, -0.2) is 53.9 Å². The van der Waals surface area contributed by atoms with Gasteiger partial charge in [-0.1, -0.05) is 0 Å². The van der Waals surface area contributed by atoms with E-state index in [9.17, 15) is 18.0 Å². The zero-order valence-corrected chi connectivity index (χ0v) is 12.3. The molecule has 0 aliphatic carbocycles. The molecule has 122 valence electrons. The summed E-state index contributed by atoms with van der Waals surface area (Å²) in [4.78, 5) is 17.7. The Morgan fingerprint density at radius 3 is 2.50 bits per heavy atom. The Bertz CT molecular complexity index is 509. The molecule has 1 amide bonds. The molecule has 1 saturated heterocycles. The lowest BCUT2D eigenvalue weighted by Crippen LogP contribution is -2.48. The summed E-state index contributed by atoms with van der Waals surface area (Å²) >= 11 is 0. The molecule has 1 aromatic heterocycles. The first-order valence-electron chi connectivity index (χ1n) is 6.85. The number of amides is 1. The van der Waals surface area contributed by atoms with Crippen LogP contribution < -0.4 is 4.74 Å². The molecule has 0 spiro atoms. The number of hydrogen-bond acceptors (Lipinski definition) is 4. The van der Waals surface area contributed by atoms with Gasteiger partial charge in [-0.3, -0.25) is 4.79 Å². The van der Waals surface area contributed by atoms with Gasteiger partial charge in [0.15, 0.2) is 6.61 Å². The Kier molecular flexibility index (Phi) is 4.90. The summed E-state index contributed by atoms with van der Waals surface area (Å²) < 4.78 is 46.2. The second-order valence-corrected chi connectivity index (χ2v) is 5.26. The fourth-order valence-corrected chi connectivity index (χ4v) is 2.27. The molecule has 0 bridgehead atoms. The molecule has 1 fully saturated rings. The zero-order valence-electron chi connectivity index (χ0n) is 12.3. The third-order valence-corrected chi connectivity index (χ3v) is 3.07. The minimum atomic E-state index is -4.42. The van der Waals surface area contributed by atoms with Crippen molar-refractivity contribution in [3.05, 3.63) is 23.9 Å². The number of rotatable bonds is 3. The molecule has 1 aromatic rings. The van der Waals surface area contributed by atoms with Crippen molar-refractivity contribution in [1.29, 1.82) is 0 Å². The van der Waals surface area contributed by atoms with E-state index in [0.717, 1.165) is 0 Å². The minimum absolute atomic E-state index is 0.0601. The predicted molar refractivity (Wildman–Crippen MR) is 71.7 cm³/mol. The van der Waals surface area contributed by atoms with Crippen LogP contribution in [0, 0.1) is 0 Å². The Morgan fingerprint density at radius 2 is 2.00 bits per heavy atom. The number of alkyl halides is 3. The SMILES string of the molecule is C[C@@H]1CN(C(=O)c2ccc(OCC(F)(F)F)nc2)C[C@H](C)O1. The summed E-state index contributed by atoms with van der Waals surface area (Å²) in [6, 6.07) is 2.66. The van der Waals surface area contributed by atoms with Gasteiger partial charge in [-0.25, -0.2) is 4.98 Å². The van der Waals surface area contributed by atoms with Crippen LogP contribution in [0.15, 0.2) is 18.3 Å². The molecule has 0 N–H and O–H groups in total. The smallest absolute Gasteiger partial charge is 0.422 e. The quantitative estimate of drug-likeness (QED) is 0.858. The van der Waals surface area contributed by atoms with Crippen LogP contribution in [0.5, 0.6) is 5.88 Å². The number of halogens is 3. The van der Waals surface area contributed by atoms with Crippen molar-refractivity contribution in [2.24, 2.45) is 0 Å². The van der Waals surface area contributed by atoms with Crippen molar-refractivity contribution < 1.29 is 27.4 Å². The Labute approximate surface area is 126 Å². The van der Waals surface area contributed by atoms with E-state index in [1.165, 1.54) is 18.3 Å². The van der Waals surface area contributed by atoms with E-state index in [2.05, 4.69) is 9.72 Å². The van der Waals surface area contributed by atoms with Gasteiger partial charge in [0, 0.05) is 25.4 Å². The normalized spacial score (nSPS) is 22.5. The van der Waals surface area contributed by atoms with Crippen LogP contribution in [0.25, 0.3) is 0 Å². The highest BCUT2D eigenvalue weighted by Gasteiger charge is 2.29. The van der Waals surface area contributed by atoms with Crippen LogP contribution in [0.2, 0.25) is 0 Å². The monoisotopic (exact) mass is 318 g/mol. The van der Waals surface area contributed by atoms with E-state index >= 15 is 0 Å². The molecular formula is C14H17F3N2O3. The second kappa shape index (κ2) is 6.51. The van der Waals surface area contributed by atoms with Crippen molar-refractivity contribution in [2.45, 2.75) is 32.2 Å². The third kappa shape index (κ3) is 4.59. The van der Waals surface area contributed by atoms with Gasteiger partial charge in [-0.15, -0.1) is 0 Å². The molecule has 2 rings (SSSR count). The summed E-state index contributed by atoms with van der Waals surface area (Å²) in [5.41, 5.74) is 0.306. The zero-order chi connectivity index (χ0) is 16.3. The molecule has 0 radical (unpaired) electrons. The predicted octanol–water partition coefficient (Wildman–Crippen LogP) is 2.27. The number of pyridine rings is 1. The van der Waals surface area contributed by atoms with E-state index < -0.39 is 12.8 Å². The molecule has 22 heavy (non-hydrogen) atoms. The van der Waals surface area contributed by atoms with Crippen LogP contribution >= 0.6 is 0 Å². The van der Waals surface area contributed by atoms with Gasteiger partial charge in [-0.05, 0) is 19.9 Å². The summed E-state index contributed by atoms with van der Waals surface area (Å²) in [6.07, 6.45) is -3.32. The van der Waals surface area contributed by atoms with Crippen molar-refractivity contribution >= 4 is 5.91 Å². The number of ether oxygens (including phenoxy) is 2. The van der Waals surface area contributed by atoms with Crippen LogP contribution in [0.1, 0.15) is 24.2 Å². The summed E-state index contributed by atoms with van der Waals surface area (Å²) in [5, 5.41) is 0. The molecule has 8 heteroatoms. The average Bonchev–Trinajstić information content (AvgIpc) is 2.43. The molecule has 1 aliphatic heterocycles. The minimum Gasteiger partial charge on any atom is -0.468 e. The number of carbonyl (C=O) groups excluding carboxylic acids is 1. The lowest BCUT2D eigenvalue weighted by molar-refractivity contribution is -0.154. The Morgan fingerprint density at radius 1 is 1.36 bits per heavy atom. The number of carbonyl (C=O) groups is 1. The first kappa shape index (κ1) is 16.5. The Hall–Kier alpha value is -1.83. The van der Waals surface area contributed by atoms with E-state index in [1.54, 1.807) is 4.90 Å². The van der Waals surface area contributed by atoms with Gasteiger partial charge < -0.3 is 14.4 Å². The topological polar surface area (TPSA) is 51.7 Å².